The van der Waals surface area contributed by atoms with Crippen LogP contribution in [0.1, 0.15) is 27.6 Å². The van der Waals surface area contributed by atoms with Gasteiger partial charge in [0.25, 0.3) is 11.8 Å². The van der Waals surface area contributed by atoms with Gasteiger partial charge in [-0.15, -0.1) is 0 Å². The first-order valence-electron chi connectivity index (χ1n) is 4.24. The normalized spacial score (nSPS) is 17.1. The van der Waals surface area contributed by atoms with Crippen molar-refractivity contribution in [3.63, 3.8) is 0 Å². The van der Waals surface area contributed by atoms with E-state index in [4.69, 9.17) is 0 Å². The molecule has 1 heterocycles. The number of hydrogen-bond acceptors (Lipinski definition) is 2. The van der Waals surface area contributed by atoms with Crippen molar-refractivity contribution in [3.8, 4) is 0 Å². The van der Waals surface area contributed by atoms with E-state index in [0.717, 1.165) is 0 Å². The fourth-order valence-corrected chi connectivity index (χ4v) is 2.04. The molecule has 72 valence electrons. The van der Waals surface area contributed by atoms with Crippen LogP contribution in [0.15, 0.2) is 24.3 Å². The minimum absolute atomic E-state index is 0.111. The second-order valence-corrected chi connectivity index (χ2v) is 4.90. The summed E-state index contributed by atoms with van der Waals surface area (Å²) in [7, 11) is 0. The number of nitrogens with zero attached hydrogens (tertiary/aromatic N) is 1. The van der Waals surface area contributed by atoms with Gasteiger partial charge in [0.05, 0.1) is 15.2 Å². The van der Waals surface area contributed by atoms with Crippen molar-refractivity contribution in [1.82, 2.24) is 4.90 Å². The molecule has 1 atom stereocenters. The Hall–Kier alpha value is -0.910. The Kier molecular flexibility index (Phi) is 2.30. The number of carbonyl (C=O) groups is 2. The molecule has 2 rings (SSSR count). The Labute approximate surface area is 95.2 Å². The van der Waals surface area contributed by atoms with Gasteiger partial charge < -0.3 is 0 Å². The van der Waals surface area contributed by atoms with Gasteiger partial charge in [0, 0.05) is 0 Å². The summed E-state index contributed by atoms with van der Waals surface area (Å²) in [5.41, 5.74) is 1.03. The van der Waals surface area contributed by atoms with Gasteiger partial charge in [0.1, 0.15) is 0 Å². The van der Waals surface area contributed by atoms with Crippen LogP contribution in [0.4, 0.5) is 0 Å². The average molecular weight is 301 g/mol. The SMILES string of the molecule is CC(I)N1C(=O)c2ccccc2C1=O. The zero-order chi connectivity index (χ0) is 10.3. The van der Waals surface area contributed by atoms with Gasteiger partial charge in [-0.1, -0.05) is 34.7 Å². The van der Waals surface area contributed by atoms with Gasteiger partial charge in [-0.25, -0.2) is 0 Å². The molecule has 1 aliphatic rings. The molecule has 0 radical (unpaired) electrons. The van der Waals surface area contributed by atoms with Crippen molar-refractivity contribution in [3.05, 3.63) is 35.4 Å². The molecule has 0 spiro atoms. The highest BCUT2D eigenvalue weighted by Crippen LogP contribution is 2.25. The van der Waals surface area contributed by atoms with E-state index in [-0.39, 0.29) is 15.9 Å². The minimum Gasteiger partial charge on any atom is -0.269 e. The van der Waals surface area contributed by atoms with Gasteiger partial charge in [-0.3, -0.25) is 14.5 Å². The maximum Gasteiger partial charge on any atom is 0.262 e. The molecular weight excluding hydrogens is 293 g/mol. The largest absolute Gasteiger partial charge is 0.269 e. The highest BCUT2D eigenvalue weighted by molar-refractivity contribution is 14.1. The zero-order valence-electron chi connectivity index (χ0n) is 7.53. The smallest absolute Gasteiger partial charge is 0.262 e. The summed E-state index contributed by atoms with van der Waals surface area (Å²) in [6.45, 7) is 1.82. The molecule has 0 fully saturated rings. The number of rotatable bonds is 1. The van der Waals surface area contributed by atoms with Gasteiger partial charge >= 0.3 is 0 Å². The first-order chi connectivity index (χ1) is 6.63. The van der Waals surface area contributed by atoms with E-state index in [0.29, 0.717) is 11.1 Å². The van der Waals surface area contributed by atoms with Crippen LogP contribution >= 0.6 is 22.6 Å². The number of imide groups is 1. The zero-order valence-corrected chi connectivity index (χ0v) is 9.69. The van der Waals surface area contributed by atoms with Crippen LogP contribution in [0.3, 0.4) is 0 Å². The Bertz CT molecular complexity index is 379. The molecule has 1 aromatic rings. The molecular formula is C10H8INO2. The van der Waals surface area contributed by atoms with E-state index in [1.165, 1.54) is 4.90 Å². The third-order valence-electron chi connectivity index (χ3n) is 2.18. The average Bonchev–Trinajstić information content (AvgIpc) is 2.41. The summed E-state index contributed by atoms with van der Waals surface area (Å²) in [5, 5.41) is 0. The molecule has 1 aromatic carbocycles. The first-order valence-corrected chi connectivity index (χ1v) is 5.48. The molecule has 14 heavy (non-hydrogen) atoms. The fraction of sp³-hybridized carbons (Fsp3) is 0.200. The molecule has 0 aromatic heterocycles. The number of benzene rings is 1. The standard InChI is InChI=1S/C10H8INO2/c1-6(11)12-9(13)7-4-2-3-5-8(7)10(12)14/h2-6H,1H3. The highest BCUT2D eigenvalue weighted by Gasteiger charge is 2.37. The van der Waals surface area contributed by atoms with Crippen LogP contribution in [0, 0.1) is 0 Å². The quantitative estimate of drug-likeness (QED) is 0.345. The number of carbonyl (C=O) groups excluding carboxylic acids is 2. The van der Waals surface area contributed by atoms with Crippen LogP contribution in [-0.2, 0) is 0 Å². The van der Waals surface area contributed by atoms with Crippen LogP contribution in [-0.4, -0.2) is 20.8 Å². The summed E-state index contributed by atoms with van der Waals surface area (Å²) in [6, 6.07) is 6.92. The number of halogens is 1. The molecule has 3 nitrogen and oxygen atoms in total. The van der Waals surface area contributed by atoms with Gasteiger partial charge in [-0.05, 0) is 19.1 Å². The van der Waals surface area contributed by atoms with Gasteiger partial charge in [0.2, 0.25) is 0 Å². The Morgan fingerprint density at radius 1 is 1.14 bits per heavy atom. The summed E-state index contributed by atoms with van der Waals surface area (Å²) >= 11 is 2.06. The Morgan fingerprint density at radius 3 is 1.93 bits per heavy atom. The third kappa shape index (κ3) is 1.25. The first kappa shape index (κ1) is 9.64. The van der Waals surface area contributed by atoms with Gasteiger partial charge in [-0.2, -0.15) is 0 Å². The molecule has 1 aliphatic heterocycles. The van der Waals surface area contributed by atoms with E-state index < -0.39 is 0 Å². The highest BCUT2D eigenvalue weighted by atomic mass is 127. The number of fused-ring (bicyclic) bond motifs is 1. The fourth-order valence-electron chi connectivity index (χ4n) is 1.53. The van der Waals surface area contributed by atoms with Crippen molar-refractivity contribution < 1.29 is 9.59 Å². The molecule has 1 unspecified atom stereocenters. The molecule has 0 saturated carbocycles. The van der Waals surface area contributed by atoms with Crippen molar-refractivity contribution in [2.45, 2.75) is 11.0 Å². The van der Waals surface area contributed by atoms with Crippen molar-refractivity contribution in [1.29, 1.82) is 0 Å². The monoisotopic (exact) mass is 301 g/mol. The number of amides is 2. The lowest BCUT2D eigenvalue weighted by Crippen LogP contribution is -2.34. The third-order valence-corrected chi connectivity index (χ3v) is 2.74. The van der Waals surface area contributed by atoms with Gasteiger partial charge in [0.15, 0.2) is 0 Å². The van der Waals surface area contributed by atoms with E-state index in [2.05, 4.69) is 22.6 Å². The molecule has 4 heteroatoms. The molecule has 2 amide bonds. The lowest BCUT2D eigenvalue weighted by Gasteiger charge is -2.16. The van der Waals surface area contributed by atoms with E-state index in [1.807, 2.05) is 6.92 Å². The lowest BCUT2D eigenvalue weighted by molar-refractivity contribution is 0.0654. The maximum absolute atomic E-state index is 11.7. The van der Waals surface area contributed by atoms with Crippen LogP contribution in [0.5, 0.6) is 0 Å². The molecule has 0 N–H and O–H groups in total. The van der Waals surface area contributed by atoms with E-state index >= 15 is 0 Å². The van der Waals surface area contributed by atoms with E-state index in [1.54, 1.807) is 24.3 Å². The molecule has 0 bridgehead atoms. The predicted octanol–water partition coefficient (Wildman–Crippen LogP) is 2.06. The molecule has 0 saturated heterocycles. The second kappa shape index (κ2) is 3.34. The van der Waals surface area contributed by atoms with Crippen LogP contribution < -0.4 is 0 Å². The maximum atomic E-state index is 11.7. The second-order valence-electron chi connectivity index (χ2n) is 3.10. The number of alkyl halides is 1. The molecule has 0 aliphatic carbocycles. The number of hydrogen-bond donors (Lipinski definition) is 0. The Morgan fingerprint density at radius 2 is 1.57 bits per heavy atom. The lowest BCUT2D eigenvalue weighted by atomic mass is 10.1. The van der Waals surface area contributed by atoms with Crippen molar-refractivity contribution in [2.24, 2.45) is 0 Å². The topological polar surface area (TPSA) is 37.4 Å². The van der Waals surface area contributed by atoms with E-state index in [9.17, 15) is 9.59 Å². The van der Waals surface area contributed by atoms with Crippen LogP contribution in [0.25, 0.3) is 0 Å². The summed E-state index contributed by atoms with van der Waals surface area (Å²) < 4.78 is -0.111. The summed E-state index contributed by atoms with van der Waals surface area (Å²) in [4.78, 5) is 24.8. The minimum atomic E-state index is -0.187. The predicted molar refractivity (Wildman–Crippen MR) is 60.4 cm³/mol. The Balaban J connectivity index is 2.54. The summed E-state index contributed by atoms with van der Waals surface area (Å²) in [6.07, 6.45) is 0. The van der Waals surface area contributed by atoms with Crippen LogP contribution in [0.2, 0.25) is 0 Å². The van der Waals surface area contributed by atoms with Crippen molar-refractivity contribution in [2.75, 3.05) is 0 Å². The van der Waals surface area contributed by atoms with Crippen molar-refractivity contribution >= 4 is 34.4 Å². The summed E-state index contributed by atoms with van der Waals surface area (Å²) in [5.74, 6) is -0.375.